The number of hydrogen-bond donors (Lipinski definition) is 3. The van der Waals surface area contributed by atoms with Gasteiger partial charge in [0.25, 0.3) is 0 Å². The molecule has 2 aliphatic rings. The van der Waals surface area contributed by atoms with Crippen LogP contribution < -0.4 is 15.4 Å². The van der Waals surface area contributed by atoms with Crippen molar-refractivity contribution in [3.63, 3.8) is 0 Å². The van der Waals surface area contributed by atoms with Crippen LogP contribution in [0.3, 0.4) is 0 Å². The largest absolute Gasteiger partial charge is 0.471 e. The quantitative estimate of drug-likeness (QED) is 0.554. The highest BCUT2D eigenvalue weighted by Crippen LogP contribution is 2.48. The van der Waals surface area contributed by atoms with Gasteiger partial charge < -0.3 is 20.5 Å². The van der Waals surface area contributed by atoms with E-state index in [1.54, 1.807) is 6.08 Å². The smallest absolute Gasteiger partial charge is 0.218 e. The molecule has 3 rings (SSSR count). The number of aromatic nitrogens is 1. The number of hydrogen-bond acceptors (Lipinski definition) is 5. The standard InChI is InChI=1S/C23H35N3O3/c1-5-7-19(26-16(4)27)21(28)14-24-20-12-23(8-6-9-23)29-22-18(20)11-17(13-25-22)10-15(2)3/h5,11,13,15,19-21,24,28H,1,6-10,12,14H2,2-4H3,(H,26,27)/t19-,20-,21+/m0/s1. The van der Waals surface area contributed by atoms with E-state index in [0.717, 1.165) is 37.1 Å². The molecule has 3 atom stereocenters. The van der Waals surface area contributed by atoms with Crippen LogP contribution in [0.5, 0.6) is 5.88 Å². The molecule has 1 aromatic heterocycles. The minimum Gasteiger partial charge on any atom is -0.471 e. The van der Waals surface area contributed by atoms with Crippen molar-refractivity contribution in [3.8, 4) is 5.88 Å². The van der Waals surface area contributed by atoms with E-state index in [1.807, 2.05) is 6.20 Å². The van der Waals surface area contributed by atoms with E-state index in [9.17, 15) is 9.90 Å². The molecule has 29 heavy (non-hydrogen) atoms. The van der Waals surface area contributed by atoms with Crippen molar-refractivity contribution in [3.05, 3.63) is 36.0 Å². The third kappa shape index (κ3) is 5.37. The number of pyridine rings is 1. The van der Waals surface area contributed by atoms with E-state index < -0.39 is 6.10 Å². The van der Waals surface area contributed by atoms with E-state index in [2.05, 4.69) is 42.1 Å². The van der Waals surface area contributed by atoms with Gasteiger partial charge in [-0.1, -0.05) is 19.9 Å². The van der Waals surface area contributed by atoms with Gasteiger partial charge >= 0.3 is 0 Å². The Morgan fingerprint density at radius 1 is 1.48 bits per heavy atom. The number of ether oxygens (including phenoxy) is 1. The highest BCUT2D eigenvalue weighted by atomic mass is 16.5. The molecule has 1 fully saturated rings. The summed E-state index contributed by atoms with van der Waals surface area (Å²) in [5.74, 6) is 1.13. The molecular weight excluding hydrogens is 366 g/mol. The number of carbonyl (C=O) groups excluding carboxylic acids is 1. The van der Waals surface area contributed by atoms with Gasteiger partial charge in [0.1, 0.15) is 5.60 Å². The maximum atomic E-state index is 11.5. The Morgan fingerprint density at radius 3 is 2.83 bits per heavy atom. The van der Waals surface area contributed by atoms with Gasteiger partial charge in [0.15, 0.2) is 0 Å². The van der Waals surface area contributed by atoms with E-state index in [0.29, 0.717) is 18.9 Å². The van der Waals surface area contributed by atoms with Crippen molar-refractivity contribution < 1.29 is 14.6 Å². The summed E-state index contributed by atoms with van der Waals surface area (Å²) in [6.07, 6.45) is 8.61. The Morgan fingerprint density at radius 2 is 2.24 bits per heavy atom. The Bertz CT molecular complexity index is 730. The summed E-state index contributed by atoms with van der Waals surface area (Å²) < 4.78 is 6.31. The topological polar surface area (TPSA) is 83.5 Å². The first-order chi connectivity index (χ1) is 13.8. The van der Waals surface area contributed by atoms with Crippen LogP contribution in [0, 0.1) is 5.92 Å². The number of fused-ring (bicyclic) bond motifs is 1. The van der Waals surface area contributed by atoms with Crippen LogP contribution in [0.1, 0.15) is 70.0 Å². The molecule has 0 bridgehead atoms. The summed E-state index contributed by atoms with van der Waals surface area (Å²) in [5, 5.41) is 17.0. The number of amides is 1. The molecule has 0 radical (unpaired) electrons. The SMILES string of the molecule is C=CC[C@H](NC(C)=O)[C@H](O)CN[C@H]1CC2(CCC2)Oc2ncc(CC(C)C)cc21. The first-order valence-corrected chi connectivity index (χ1v) is 10.8. The van der Waals surface area contributed by atoms with Crippen molar-refractivity contribution in [1.82, 2.24) is 15.6 Å². The van der Waals surface area contributed by atoms with Crippen molar-refractivity contribution in [1.29, 1.82) is 0 Å². The highest BCUT2D eigenvalue weighted by Gasteiger charge is 2.46. The lowest BCUT2D eigenvalue weighted by atomic mass is 9.73. The monoisotopic (exact) mass is 401 g/mol. The minimum atomic E-state index is -0.702. The maximum Gasteiger partial charge on any atom is 0.218 e. The second-order valence-corrected chi connectivity index (χ2v) is 9.04. The van der Waals surface area contributed by atoms with Crippen LogP contribution in [0.25, 0.3) is 0 Å². The molecule has 2 heterocycles. The zero-order chi connectivity index (χ0) is 21.0. The fourth-order valence-electron chi connectivity index (χ4n) is 4.38. The first-order valence-electron chi connectivity index (χ1n) is 10.8. The van der Waals surface area contributed by atoms with Crippen molar-refractivity contribution in [2.75, 3.05) is 6.54 Å². The molecule has 1 saturated carbocycles. The van der Waals surface area contributed by atoms with Gasteiger partial charge in [-0.25, -0.2) is 4.98 Å². The predicted octanol–water partition coefficient (Wildman–Crippen LogP) is 3.06. The molecule has 1 aliphatic carbocycles. The van der Waals surface area contributed by atoms with Crippen LogP contribution in [0.4, 0.5) is 0 Å². The Kier molecular flexibility index (Phi) is 6.96. The van der Waals surface area contributed by atoms with E-state index >= 15 is 0 Å². The average molecular weight is 402 g/mol. The Labute approximate surface area is 174 Å². The molecular formula is C23H35N3O3. The fourth-order valence-corrected chi connectivity index (χ4v) is 4.38. The Hall–Kier alpha value is -1.92. The molecule has 1 aliphatic heterocycles. The summed E-state index contributed by atoms with van der Waals surface area (Å²) in [7, 11) is 0. The summed E-state index contributed by atoms with van der Waals surface area (Å²) in [6, 6.07) is 1.93. The van der Waals surface area contributed by atoms with Gasteiger partial charge in [-0.3, -0.25) is 4.79 Å². The van der Waals surface area contributed by atoms with Gasteiger partial charge in [-0.2, -0.15) is 0 Å². The molecule has 1 amide bonds. The molecule has 1 aromatic rings. The number of aliphatic hydroxyl groups excluding tert-OH is 1. The summed E-state index contributed by atoms with van der Waals surface area (Å²) >= 11 is 0. The average Bonchev–Trinajstić information content (AvgIpc) is 2.63. The number of aliphatic hydroxyl groups is 1. The molecule has 3 N–H and O–H groups in total. The number of nitrogens with one attached hydrogen (secondary N) is 2. The molecule has 0 aromatic carbocycles. The summed E-state index contributed by atoms with van der Waals surface area (Å²) in [6.45, 7) is 9.98. The van der Waals surface area contributed by atoms with Crippen LogP contribution >= 0.6 is 0 Å². The van der Waals surface area contributed by atoms with E-state index in [-0.39, 0.29) is 23.6 Å². The van der Waals surface area contributed by atoms with Gasteiger partial charge in [0.2, 0.25) is 11.8 Å². The van der Waals surface area contributed by atoms with Crippen LogP contribution in [0.15, 0.2) is 24.9 Å². The molecule has 160 valence electrons. The lowest BCUT2D eigenvalue weighted by Crippen LogP contribution is -2.51. The highest BCUT2D eigenvalue weighted by molar-refractivity contribution is 5.73. The zero-order valence-corrected chi connectivity index (χ0v) is 17.9. The van der Waals surface area contributed by atoms with Crippen molar-refractivity contribution >= 4 is 5.91 Å². The van der Waals surface area contributed by atoms with Gasteiger partial charge in [0.05, 0.1) is 12.1 Å². The third-order valence-corrected chi connectivity index (χ3v) is 5.96. The maximum absolute atomic E-state index is 11.5. The third-order valence-electron chi connectivity index (χ3n) is 5.96. The Balaban J connectivity index is 1.75. The normalized spacial score (nSPS) is 21.6. The second kappa shape index (κ2) is 9.26. The van der Waals surface area contributed by atoms with Crippen molar-refractivity contribution in [2.45, 2.75) is 83.1 Å². The summed E-state index contributed by atoms with van der Waals surface area (Å²) in [4.78, 5) is 16.1. The molecule has 0 unspecified atom stereocenters. The van der Waals surface area contributed by atoms with Crippen LogP contribution in [0.2, 0.25) is 0 Å². The first kappa shape index (κ1) is 21.8. The molecule has 1 spiro atoms. The van der Waals surface area contributed by atoms with E-state index in [4.69, 9.17) is 4.74 Å². The summed E-state index contributed by atoms with van der Waals surface area (Å²) in [5.41, 5.74) is 2.16. The lowest BCUT2D eigenvalue weighted by molar-refractivity contribution is -0.120. The predicted molar refractivity (Wildman–Crippen MR) is 114 cm³/mol. The van der Waals surface area contributed by atoms with Gasteiger partial charge in [-0.15, -0.1) is 6.58 Å². The molecule has 6 nitrogen and oxygen atoms in total. The van der Waals surface area contributed by atoms with Crippen LogP contribution in [-0.2, 0) is 11.2 Å². The lowest BCUT2D eigenvalue weighted by Gasteiger charge is -2.47. The minimum absolute atomic E-state index is 0.0787. The van der Waals surface area contributed by atoms with Crippen LogP contribution in [-0.4, -0.2) is 40.3 Å². The number of rotatable bonds is 9. The van der Waals surface area contributed by atoms with Gasteiger partial charge in [0, 0.05) is 37.7 Å². The second-order valence-electron chi connectivity index (χ2n) is 9.04. The fraction of sp³-hybridized carbons (Fsp3) is 0.652. The van der Waals surface area contributed by atoms with E-state index in [1.165, 1.54) is 18.9 Å². The molecule has 0 saturated heterocycles. The van der Waals surface area contributed by atoms with Gasteiger partial charge in [-0.05, 0) is 49.7 Å². The number of carbonyl (C=O) groups is 1. The molecule has 6 heteroatoms. The number of nitrogens with zero attached hydrogens (tertiary/aromatic N) is 1. The zero-order valence-electron chi connectivity index (χ0n) is 17.9. The van der Waals surface area contributed by atoms with Crippen molar-refractivity contribution in [2.24, 2.45) is 5.92 Å².